The van der Waals surface area contributed by atoms with E-state index in [-0.39, 0.29) is 24.8 Å². The Labute approximate surface area is 119 Å². The molecule has 4 heteroatoms. The molecule has 0 aliphatic rings. The first kappa shape index (κ1) is 16.0. The van der Waals surface area contributed by atoms with Gasteiger partial charge < -0.3 is 9.47 Å². The molecule has 0 atom stereocenters. The summed E-state index contributed by atoms with van der Waals surface area (Å²) in [5.41, 5.74) is 1.88. The van der Waals surface area contributed by atoms with Gasteiger partial charge in [-0.1, -0.05) is 36.4 Å². The molecule has 0 saturated heterocycles. The topological polar surface area (TPSA) is 52.6 Å². The zero-order chi connectivity index (χ0) is 14.8. The van der Waals surface area contributed by atoms with E-state index in [2.05, 4.69) is 0 Å². The smallest absolute Gasteiger partial charge is 0.310 e. The number of carbonyl (C=O) groups excluding carboxylic acids is 2. The van der Waals surface area contributed by atoms with Gasteiger partial charge in [0.1, 0.15) is 0 Å². The fourth-order valence-corrected chi connectivity index (χ4v) is 1.64. The van der Waals surface area contributed by atoms with Crippen molar-refractivity contribution in [3.63, 3.8) is 0 Å². The van der Waals surface area contributed by atoms with Gasteiger partial charge in [0, 0.05) is 0 Å². The SMILES string of the molecule is CCOC(=O)CC=Cc1ccc(CC(=O)OCC)cc1. The first-order chi connectivity index (χ1) is 9.65. The number of rotatable bonds is 7. The molecule has 20 heavy (non-hydrogen) atoms. The molecular formula is C16H20O4. The van der Waals surface area contributed by atoms with E-state index < -0.39 is 0 Å². The molecule has 0 aliphatic carbocycles. The average Bonchev–Trinajstić information content (AvgIpc) is 2.41. The van der Waals surface area contributed by atoms with Crippen LogP contribution < -0.4 is 0 Å². The molecule has 0 aromatic heterocycles. The van der Waals surface area contributed by atoms with E-state index in [1.54, 1.807) is 19.9 Å². The van der Waals surface area contributed by atoms with Crippen LogP contribution in [0.2, 0.25) is 0 Å². The predicted octanol–water partition coefficient (Wildman–Crippen LogP) is 2.76. The summed E-state index contributed by atoms with van der Waals surface area (Å²) in [4.78, 5) is 22.5. The van der Waals surface area contributed by atoms with Crippen molar-refractivity contribution in [2.24, 2.45) is 0 Å². The number of esters is 2. The summed E-state index contributed by atoms with van der Waals surface area (Å²) in [6.07, 6.45) is 4.16. The van der Waals surface area contributed by atoms with Crippen LogP contribution in [0.25, 0.3) is 6.08 Å². The maximum absolute atomic E-state index is 11.3. The van der Waals surface area contributed by atoms with E-state index in [0.29, 0.717) is 13.2 Å². The lowest BCUT2D eigenvalue weighted by molar-refractivity contribution is -0.143. The minimum Gasteiger partial charge on any atom is -0.466 e. The molecule has 0 saturated carbocycles. The summed E-state index contributed by atoms with van der Waals surface area (Å²) in [5, 5.41) is 0. The second-order valence-corrected chi connectivity index (χ2v) is 4.13. The Bertz CT molecular complexity index is 460. The van der Waals surface area contributed by atoms with E-state index in [9.17, 15) is 9.59 Å². The summed E-state index contributed by atoms with van der Waals surface area (Å²) in [6, 6.07) is 7.55. The van der Waals surface area contributed by atoms with Crippen LogP contribution in [0.3, 0.4) is 0 Å². The number of hydrogen-bond donors (Lipinski definition) is 0. The third kappa shape index (κ3) is 6.18. The number of hydrogen-bond acceptors (Lipinski definition) is 4. The molecular weight excluding hydrogens is 256 g/mol. The van der Waals surface area contributed by atoms with Gasteiger partial charge in [-0.3, -0.25) is 9.59 Å². The molecule has 0 unspecified atom stereocenters. The van der Waals surface area contributed by atoms with Gasteiger partial charge >= 0.3 is 11.9 Å². The van der Waals surface area contributed by atoms with E-state index >= 15 is 0 Å². The molecule has 108 valence electrons. The standard InChI is InChI=1S/C16H20O4/c1-3-19-15(17)7-5-6-13-8-10-14(11-9-13)12-16(18)20-4-2/h5-6,8-11H,3-4,7,12H2,1-2H3. The highest BCUT2D eigenvalue weighted by molar-refractivity contribution is 5.73. The Kier molecular flexibility index (Phi) is 7.11. The monoisotopic (exact) mass is 276 g/mol. The highest BCUT2D eigenvalue weighted by Gasteiger charge is 2.03. The Morgan fingerprint density at radius 3 is 2.20 bits per heavy atom. The molecule has 0 amide bonds. The van der Waals surface area contributed by atoms with Gasteiger partial charge in [0.25, 0.3) is 0 Å². The number of benzene rings is 1. The highest BCUT2D eigenvalue weighted by Crippen LogP contribution is 2.08. The zero-order valence-corrected chi connectivity index (χ0v) is 11.9. The molecule has 0 heterocycles. The summed E-state index contributed by atoms with van der Waals surface area (Å²) in [5.74, 6) is -0.458. The Balaban J connectivity index is 2.48. The summed E-state index contributed by atoms with van der Waals surface area (Å²) in [7, 11) is 0. The second-order valence-electron chi connectivity index (χ2n) is 4.13. The van der Waals surface area contributed by atoms with Crippen molar-refractivity contribution in [3.05, 3.63) is 41.5 Å². The van der Waals surface area contributed by atoms with Crippen LogP contribution in [0.15, 0.2) is 30.3 Å². The van der Waals surface area contributed by atoms with Crippen LogP contribution in [0.4, 0.5) is 0 Å². The quantitative estimate of drug-likeness (QED) is 0.719. The zero-order valence-electron chi connectivity index (χ0n) is 11.9. The number of ether oxygens (including phenoxy) is 2. The molecule has 1 rings (SSSR count). The third-order valence-electron chi connectivity index (χ3n) is 2.53. The molecule has 0 bridgehead atoms. The van der Waals surface area contributed by atoms with Crippen LogP contribution in [-0.2, 0) is 25.5 Å². The van der Waals surface area contributed by atoms with E-state index in [1.165, 1.54) is 0 Å². The summed E-state index contributed by atoms with van der Waals surface area (Å²) in [6.45, 7) is 4.36. The molecule has 0 spiro atoms. The van der Waals surface area contributed by atoms with Gasteiger partial charge in [-0.2, -0.15) is 0 Å². The minimum absolute atomic E-state index is 0.224. The van der Waals surface area contributed by atoms with Gasteiger partial charge in [-0.05, 0) is 25.0 Å². The van der Waals surface area contributed by atoms with Gasteiger partial charge in [0.05, 0.1) is 26.1 Å². The maximum Gasteiger partial charge on any atom is 0.310 e. The average molecular weight is 276 g/mol. The lowest BCUT2D eigenvalue weighted by atomic mass is 10.1. The molecule has 0 radical (unpaired) electrons. The fraction of sp³-hybridized carbons (Fsp3) is 0.375. The van der Waals surface area contributed by atoms with Crippen molar-refractivity contribution in [3.8, 4) is 0 Å². The van der Waals surface area contributed by atoms with Crippen molar-refractivity contribution in [1.82, 2.24) is 0 Å². The van der Waals surface area contributed by atoms with Crippen LogP contribution in [0.5, 0.6) is 0 Å². The van der Waals surface area contributed by atoms with E-state index in [0.717, 1.165) is 11.1 Å². The van der Waals surface area contributed by atoms with E-state index in [4.69, 9.17) is 9.47 Å². The van der Waals surface area contributed by atoms with Gasteiger partial charge in [-0.15, -0.1) is 0 Å². The Morgan fingerprint density at radius 1 is 1.00 bits per heavy atom. The van der Waals surface area contributed by atoms with Crippen molar-refractivity contribution < 1.29 is 19.1 Å². The van der Waals surface area contributed by atoms with Crippen molar-refractivity contribution in [2.75, 3.05) is 13.2 Å². The van der Waals surface area contributed by atoms with Crippen LogP contribution >= 0.6 is 0 Å². The highest BCUT2D eigenvalue weighted by atomic mass is 16.5. The molecule has 0 aliphatic heterocycles. The first-order valence-corrected chi connectivity index (χ1v) is 6.72. The number of carbonyl (C=O) groups is 2. The molecule has 4 nitrogen and oxygen atoms in total. The molecule has 1 aromatic rings. The molecule has 1 aromatic carbocycles. The normalized spacial score (nSPS) is 10.5. The van der Waals surface area contributed by atoms with Crippen molar-refractivity contribution in [1.29, 1.82) is 0 Å². The van der Waals surface area contributed by atoms with Crippen molar-refractivity contribution in [2.45, 2.75) is 26.7 Å². The lowest BCUT2D eigenvalue weighted by Crippen LogP contribution is -2.07. The summed E-state index contributed by atoms with van der Waals surface area (Å²) >= 11 is 0. The third-order valence-corrected chi connectivity index (χ3v) is 2.53. The van der Waals surface area contributed by atoms with Crippen LogP contribution in [-0.4, -0.2) is 25.2 Å². The van der Waals surface area contributed by atoms with Crippen molar-refractivity contribution >= 4 is 18.0 Å². The summed E-state index contributed by atoms with van der Waals surface area (Å²) < 4.78 is 9.71. The van der Waals surface area contributed by atoms with Gasteiger partial charge in [0.15, 0.2) is 0 Å². The minimum atomic E-state index is -0.234. The molecule has 0 N–H and O–H groups in total. The van der Waals surface area contributed by atoms with E-state index in [1.807, 2.05) is 30.3 Å². The fourth-order valence-electron chi connectivity index (χ4n) is 1.64. The molecule has 0 fully saturated rings. The van der Waals surface area contributed by atoms with Gasteiger partial charge in [0.2, 0.25) is 0 Å². The lowest BCUT2D eigenvalue weighted by Gasteiger charge is -2.02. The van der Waals surface area contributed by atoms with Crippen LogP contribution in [0, 0.1) is 0 Å². The van der Waals surface area contributed by atoms with Gasteiger partial charge in [-0.25, -0.2) is 0 Å². The first-order valence-electron chi connectivity index (χ1n) is 6.72. The second kappa shape index (κ2) is 8.91. The van der Waals surface area contributed by atoms with Crippen LogP contribution in [0.1, 0.15) is 31.4 Å². The Morgan fingerprint density at radius 2 is 1.60 bits per heavy atom. The Hall–Kier alpha value is -2.10. The maximum atomic E-state index is 11.3. The largest absolute Gasteiger partial charge is 0.466 e. The predicted molar refractivity (Wildman–Crippen MR) is 77.1 cm³/mol.